The molecular weight excluding hydrogens is 345 g/mol. The molecule has 2 aromatic carbocycles. The van der Waals surface area contributed by atoms with E-state index >= 15 is 0 Å². The van der Waals surface area contributed by atoms with Crippen molar-refractivity contribution in [3.8, 4) is 0 Å². The molecule has 0 aliphatic rings. The van der Waals surface area contributed by atoms with Crippen molar-refractivity contribution in [1.29, 1.82) is 0 Å². The summed E-state index contributed by atoms with van der Waals surface area (Å²) in [4.78, 5) is 0.404. The Balaban J connectivity index is 2.33. The summed E-state index contributed by atoms with van der Waals surface area (Å²) in [6, 6.07) is 15.3. The monoisotopic (exact) mass is 365 g/mol. The van der Waals surface area contributed by atoms with E-state index in [1.165, 1.54) is 11.1 Å². The van der Waals surface area contributed by atoms with Crippen LogP contribution < -0.4 is 5.73 Å². The molecular formula is C16H20AsNO2S. The molecule has 112 valence electrons. The molecule has 2 unspecified atom stereocenters. The van der Waals surface area contributed by atoms with Gasteiger partial charge in [0.1, 0.15) is 0 Å². The Morgan fingerprint density at radius 3 is 1.90 bits per heavy atom. The Morgan fingerprint density at radius 2 is 1.48 bits per heavy atom. The van der Waals surface area contributed by atoms with Crippen LogP contribution in [0.4, 0.5) is 5.69 Å². The van der Waals surface area contributed by atoms with Gasteiger partial charge in [0, 0.05) is 0 Å². The van der Waals surface area contributed by atoms with Crippen molar-refractivity contribution in [2.75, 3.05) is 11.5 Å². The second-order valence-electron chi connectivity index (χ2n) is 4.86. The zero-order valence-corrected chi connectivity index (χ0v) is 15.1. The summed E-state index contributed by atoms with van der Waals surface area (Å²) in [7, 11) is -3.12. The van der Waals surface area contributed by atoms with Gasteiger partial charge in [-0.15, -0.1) is 0 Å². The zero-order chi connectivity index (χ0) is 15.5. The van der Waals surface area contributed by atoms with Gasteiger partial charge in [-0.05, 0) is 0 Å². The van der Waals surface area contributed by atoms with Crippen molar-refractivity contribution in [1.82, 2.24) is 0 Å². The number of anilines is 1. The van der Waals surface area contributed by atoms with Crippen LogP contribution in [0, 0.1) is 0 Å². The fourth-order valence-electron chi connectivity index (χ4n) is 2.25. The SMILES string of the molecule is CCS(=O)(=O)c1ccc(C([AsH]C)c2ccc(N)cc2)cc1. The number of hydrogen-bond acceptors (Lipinski definition) is 3. The Hall–Kier alpha value is -1.25. The molecule has 5 heteroatoms. The molecule has 21 heavy (non-hydrogen) atoms. The first kappa shape index (κ1) is 16.1. The second-order valence-corrected chi connectivity index (χ2v) is 9.56. The average Bonchev–Trinajstić information content (AvgIpc) is 2.50. The van der Waals surface area contributed by atoms with E-state index in [0.717, 1.165) is 5.69 Å². The standard InChI is InChI=1S/C16H20AsNO2S/c1-3-21(19,20)15-10-6-13(7-11-15)16(17-2)12-4-8-14(18)9-5-12/h4-11,16-17H,3,18H2,1-2H3. The molecule has 0 saturated heterocycles. The van der Waals surface area contributed by atoms with E-state index in [2.05, 4.69) is 17.8 Å². The van der Waals surface area contributed by atoms with Gasteiger partial charge < -0.3 is 0 Å². The minimum absolute atomic E-state index is 0.134. The molecule has 0 saturated carbocycles. The quantitative estimate of drug-likeness (QED) is 0.655. The Labute approximate surface area is 133 Å². The third-order valence-electron chi connectivity index (χ3n) is 3.51. The van der Waals surface area contributed by atoms with Crippen molar-refractivity contribution in [2.24, 2.45) is 0 Å². The van der Waals surface area contributed by atoms with Crippen molar-refractivity contribution < 1.29 is 8.42 Å². The van der Waals surface area contributed by atoms with Crippen LogP contribution in [0.25, 0.3) is 0 Å². The number of hydrogen-bond donors (Lipinski definition) is 1. The number of rotatable bonds is 5. The maximum atomic E-state index is 11.9. The normalized spacial score (nSPS) is 13.6. The molecule has 0 radical (unpaired) electrons. The maximum absolute atomic E-state index is 11.9. The summed E-state index contributed by atoms with van der Waals surface area (Å²) in [6.45, 7) is 1.67. The van der Waals surface area contributed by atoms with Gasteiger partial charge in [0.25, 0.3) is 0 Å². The van der Waals surface area contributed by atoms with E-state index in [1.54, 1.807) is 19.1 Å². The van der Waals surface area contributed by atoms with Gasteiger partial charge in [0.15, 0.2) is 0 Å². The summed E-state index contributed by atoms with van der Waals surface area (Å²) in [5, 5.41) is 0. The van der Waals surface area contributed by atoms with Crippen LogP contribution in [0.15, 0.2) is 53.4 Å². The molecule has 0 bridgehead atoms. The summed E-state index contributed by atoms with van der Waals surface area (Å²) in [5.41, 5.74) is 11.2. The van der Waals surface area contributed by atoms with Crippen LogP contribution in [0.5, 0.6) is 0 Å². The predicted octanol–water partition coefficient (Wildman–Crippen LogP) is 2.64. The third-order valence-corrected chi connectivity index (χ3v) is 7.87. The number of nitrogen functional groups attached to an aromatic ring is 1. The van der Waals surface area contributed by atoms with Crippen molar-refractivity contribution in [3.05, 3.63) is 59.7 Å². The molecule has 2 rings (SSSR count). The first-order valence-corrected chi connectivity index (χ1v) is 11.8. The van der Waals surface area contributed by atoms with E-state index in [9.17, 15) is 8.42 Å². The van der Waals surface area contributed by atoms with Crippen LogP contribution in [0.3, 0.4) is 0 Å². The van der Waals surface area contributed by atoms with Crippen molar-refractivity contribution in [2.45, 2.75) is 22.2 Å². The summed E-state index contributed by atoms with van der Waals surface area (Å²) >= 11 is -0.196. The Bertz CT molecular complexity index is 694. The fraction of sp³-hybridized carbons (Fsp3) is 0.250. The van der Waals surface area contributed by atoms with Crippen molar-refractivity contribution in [3.63, 3.8) is 0 Å². The van der Waals surface area contributed by atoms with Crippen LogP contribution in [0.1, 0.15) is 22.8 Å². The first-order chi connectivity index (χ1) is 9.97. The predicted molar refractivity (Wildman–Crippen MR) is 89.9 cm³/mol. The molecule has 3 nitrogen and oxygen atoms in total. The second kappa shape index (κ2) is 6.67. The van der Waals surface area contributed by atoms with E-state index in [1.807, 2.05) is 24.3 Å². The molecule has 0 amide bonds. The average molecular weight is 365 g/mol. The van der Waals surface area contributed by atoms with Crippen LogP contribution in [0.2, 0.25) is 5.71 Å². The third kappa shape index (κ3) is 3.69. The van der Waals surface area contributed by atoms with Gasteiger partial charge in [-0.3, -0.25) is 0 Å². The fourth-order valence-corrected chi connectivity index (χ4v) is 5.34. The number of sulfone groups is 1. The zero-order valence-electron chi connectivity index (χ0n) is 12.2. The van der Waals surface area contributed by atoms with Gasteiger partial charge in [0.05, 0.1) is 0 Å². The number of nitrogens with two attached hydrogens (primary N) is 1. The van der Waals surface area contributed by atoms with Gasteiger partial charge in [-0.1, -0.05) is 0 Å². The van der Waals surface area contributed by atoms with E-state index in [-0.39, 0.29) is 21.5 Å². The molecule has 2 N–H and O–H groups in total. The van der Waals surface area contributed by atoms with E-state index in [4.69, 9.17) is 5.73 Å². The molecule has 0 aliphatic carbocycles. The van der Waals surface area contributed by atoms with Crippen LogP contribution in [-0.4, -0.2) is 29.9 Å². The first-order valence-electron chi connectivity index (χ1n) is 6.83. The molecule has 0 spiro atoms. The topological polar surface area (TPSA) is 60.2 Å². The Kier molecular flexibility index (Phi) is 5.12. The van der Waals surface area contributed by atoms with E-state index in [0.29, 0.717) is 9.60 Å². The molecule has 2 atom stereocenters. The van der Waals surface area contributed by atoms with Crippen LogP contribution in [-0.2, 0) is 9.84 Å². The summed E-state index contributed by atoms with van der Waals surface area (Å²) < 4.78 is 24.1. The van der Waals surface area contributed by atoms with Crippen molar-refractivity contribution >= 4 is 31.3 Å². The molecule has 2 aromatic rings. The molecule has 0 aromatic heterocycles. The van der Waals surface area contributed by atoms with Gasteiger partial charge in [-0.25, -0.2) is 0 Å². The van der Waals surface area contributed by atoms with Gasteiger partial charge >= 0.3 is 133 Å². The van der Waals surface area contributed by atoms with Crippen LogP contribution >= 0.6 is 0 Å². The van der Waals surface area contributed by atoms with Gasteiger partial charge in [-0.2, -0.15) is 0 Å². The number of benzene rings is 2. The Morgan fingerprint density at radius 1 is 1.00 bits per heavy atom. The van der Waals surface area contributed by atoms with E-state index < -0.39 is 9.84 Å². The molecule has 0 aliphatic heterocycles. The molecule has 0 fully saturated rings. The summed E-state index contributed by atoms with van der Waals surface area (Å²) in [5.74, 6) is 0.134. The summed E-state index contributed by atoms with van der Waals surface area (Å²) in [6.07, 6.45) is 0. The minimum atomic E-state index is -3.12. The van der Waals surface area contributed by atoms with Gasteiger partial charge in [0.2, 0.25) is 0 Å². The molecule has 0 heterocycles.